The van der Waals surface area contributed by atoms with E-state index in [4.69, 9.17) is 0 Å². The van der Waals surface area contributed by atoms with Crippen molar-refractivity contribution in [1.82, 2.24) is 5.32 Å². The molecule has 88 valence electrons. The normalized spacial score (nSPS) is 27.8. The van der Waals surface area contributed by atoms with Crippen molar-refractivity contribution in [2.24, 2.45) is 5.92 Å². The molecule has 2 heteroatoms. The summed E-state index contributed by atoms with van der Waals surface area (Å²) in [6, 6.07) is 0. The largest absolute Gasteiger partial charge is 0.390 e. The first-order valence-electron chi connectivity index (χ1n) is 6.72. The summed E-state index contributed by atoms with van der Waals surface area (Å²) in [4.78, 5) is 0. The number of aliphatic hydroxyl groups is 1. The fourth-order valence-corrected chi connectivity index (χ4v) is 3.10. The van der Waals surface area contributed by atoms with Crippen LogP contribution in [0.25, 0.3) is 0 Å². The topological polar surface area (TPSA) is 32.3 Å². The van der Waals surface area contributed by atoms with Gasteiger partial charge in [0, 0.05) is 0 Å². The Kier molecular flexibility index (Phi) is 4.04. The van der Waals surface area contributed by atoms with Crippen LogP contribution in [0, 0.1) is 5.92 Å². The van der Waals surface area contributed by atoms with E-state index < -0.39 is 0 Å². The second-order valence-electron chi connectivity index (χ2n) is 5.52. The zero-order chi connectivity index (χ0) is 10.6. The van der Waals surface area contributed by atoms with Crippen molar-refractivity contribution in [3.8, 4) is 0 Å². The third-order valence-corrected chi connectivity index (χ3v) is 4.26. The first-order valence-corrected chi connectivity index (χ1v) is 6.72. The van der Waals surface area contributed by atoms with Crippen LogP contribution < -0.4 is 5.32 Å². The first kappa shape index (κ1) is 11.4. The Morgan fingerprint density at radius 1 is 1.07 bits per heavy atom. The van der Waals surface area contributed by atoms with Crippen molar-refractivity contribution in [3.63, 3.8) is 0 Å². The van der Waals surface area contributed by atoms with Crippen LogP contribution in [0.3, 0.4) is 0 Å². The van der Waals surface area contributed by atoms with Gasteiger partial charge in [0.1, 0.15) is 0 Å². The van der Waals surface area contributed by atoms with E-state index in [0.717, 1.165) is 25.2 Å². The summed E-state index contributed by atoms with van der Waals surface area (Å²) in [5.41, 5.74) is -0.289. The lowest BCUT2D eigenvalue weighted by atomic mass is 9.79. The summed E-state index contributed by atoms with van der Waals surface area (Å²) in [7, 11) is 0. The van der Waals surface area contributed by atoms with E-state index in [9.17, 15) is 5.11 Å². The number of hydrogen-bond donors (Lipinski definition) is 2. The number of piperidine rings is 1. The van der Waals surface area contributed by atoms with Crippen LogP contribution in [-0.2, 0) is 0 Å². The first-order chi connectivity index (χ1) is 7.29. The molecule has 1 aliphatic heterocycles. The molecule has 2 rings (SSSR count). The van der Waals surface area contributed by atoms with E-state index in [2.05, 4.69) is 5.32 Å². The minimum atomic E-state index is -0.289. The van der Waals surface area contributed by atoms with Gasteiger partial charge in [0.05, 0.1) is 5.60 Å². The Morgan fingerprint density at radius 3 is 2.40 bits per heavy atom. The second kappa shape index (κ2) is 5.31. The Labute approximate surface area is 93.5 Å². The molecule has 2 fully saturated rings. The van der Waals surface area contributed by atoms with Crippen molar-refractivity contribution in [2.45, 2.75) is 63.4 Å². The molecule has 2 aliphatic rings. The summed E-state index contributed by atoms with van der Waals surface area (Å²) in [6.07, 6.45) is 10.8. The monoisotopic (exact) mass is 211 g/mol. The van der Waals surface area contributed by atoms with Gasteiger partial charge in [-0.25, -0.2) is 0 Å². The molecular formula is C13H25NO. The predicted molar refractivity (Wildman–Crippen MR) is 62.9 cm³/mol. The highest BCUT2D eigenvalue weighted by atomic mass is 16.3. The van der Waals surface area contributed by atoms with Gasteiger partial charge in [0.15, 0.2) is 0 Å². The van der Waals surface area contributed by atoms with Gasteiger partial charge >= 0.3 is 0 Å². The second-order valence-corrected chi connectivity index (χ2v) is 5.52. The molecule has 2 N–H and O–H groups in total. The van der Waals surface area contributed by atoms with Gasteiger partial charge in [0.2, 0.25) is 0 Å². The van der Waals surface area contributed by atoms with Gasteiger partial charge < -0.3 is 10.4 Å². The molecule has 0 bridgehead atoms. The predicted octanol–water partition coefficient (Wildman–Crippen LogP) is 2.46. The van der Waals surface area contributed by atoms with Gasteiger partial charge in [0.25, 0.3) is 0 Å². The summed E-state index contributed by atoms with van der Waals surface area (Å²) in [6.45, 7) is 2.37. The molecule has 0 amide bonds. The fourth-order valence-electron chi connectivity index (χ4n) is 3.10. The van der Waals surface area contributed by atoms with Crippen LogP contribution in [0.4, 0.5) is 0 Å². The van der Waals surface area contributed by atoms with Crippen LogP contribution in [0.2, 0.25) is 0 Å². The molecule has 0 aromatic carbocycles. The van der Waals surface area contributed by atoms with E-state index >= 15 is 0 Å². The zero-order valence-corrected chi connectivity index (χ0v) is 9.80. The van der Waals surface area contributed by atoms with E-state index in [-0.39, 0.29) is 5.60 Å². The molecule has 0 atom stereocenters. The summed E-state index contributed by atoms with van der Waals surface area (Å²) in [5, 5.41) is 13.8. The van der Waals surface area contributed by atoms with E-state index in [0.29, 0.717) is 0 Å². The molecule has 0 unspecified atom stereocenters. The lowest BCUT2D eigenvalue weighted by molar-refractivity contribution is -0.00985. The molecular weight excluding hydrogens is 186 g/mol. The van der Waals surface area contributed by atoms with Crippen LogP contribution in [0.15, 0.2) is 0 Å². The van der Waals surface area contributed by atoms with Crippen LogP contribution in [-0.4, -0.2) is 23.8 Å². The third-order valence-electron chi connectivity index (χ3n) is 4.26. The van der Waals surface area contributed by atoms with E-state index in [1.807, 2.05) is 0 Å². The van der Waals surface area contributed by atoms with Crippen molar-refractivity contribution in [1.29, 1.82) is 0 Å². The Hall–Kier alpha value is -0.0800. The minimum absolute atomic E-state index is 0.289. The minimum Gasteiger partial charge on any atom is -0.390 e. The molecule has 1 saturated carbocycles. The fraction of sp³-hybridized carbons (Fsp3) is 1.00. The summed E-state index contributed by atoms with van der Waals surface area (Å²) in [5.74, 6) is 0.872. The maximum atomic E-state index is 10.4. The lowest BCUT2D eigenvalue weighted by Crippen LogP contribution is -2.33. The van der Waals surface area contributed by atoms with Crippen molar-refractivity contribution >= 4 is 0 Å². The average Bonchev–Trinajstić information content (AvgIpc) is 2.29. The molecule has 1 aliphatic carbocycles. The molecule has 0 spiro atoms. The SMILES string of the molecule is OC1(CCC2CCNCC2)CCCCC1. The summed E-state index contributed by atoms with van der Waals surface area (Å²) >= 11 is 0. The maximum absolute atomic E-state index is 10.4. The standard InChI is InChI=1S/C13H25NO/c15-13(7-2-1-3-8-13)9-4-12-5-10-14-11-6-12/h12,14-15H,1-11H2. The Bertz CT molecular complexity index is 181. The molecule has 0 radical (unpaired) electrons. The van der Waals surface area contributed by atoms with E-state index in [1.54, 1.807) is 0 Å². The quantitative estimate of drug-likeness (QED) is 0.751. The molecule has 1 saturated heterocycles. The lowest BCUT2D eigenvalue weighted by Gasteiger charge is -2.34. The number of hydrogen-bond acceptors (Lipinski definition) is 2. The van der Waals surface area contributed by atoms with Crippen molar-refractivity contribution in [3.05, 3.63) is 0 Å². The molecule has 2 nitrogen and oxygen atoms in total. The highest BCUT2D eigenvalue weighted by Gasteiger charge is 2.29. The van der Waals surface area contributed by atoms with Gasteiger partial charge in [-0.3, -0.25) is 0 Å². The van der Waals surface area contributed by atoms with Crippen LogP contribution >= 0.6 is 0 Å². The molecule has 15 heavy (non-hydrogen) atoms. The molecule has 0 aromatic heterocycles. The van der Waals surface area contributed by atoms with Gasteiger partial charge in [-0.15, -0.1) is 0 Å². The zero-order valence-electron chi connectivity index (χ0n) is 9.80. The molecule has 0 aromatic rings. The Balaban J connectivity index is 1.70. The number of nitrogens with one attached hydrogen (secondary N) is 1. The smallest absolute Gasteiger partial charge is 0.0648 e. The van der Waals surface area contributed by atoms with Crippen molar-refractivity contribution < 1.29 is 5.11 Å². The highest BCUT2D eigenvalue weighted by molar-refractivity contribution is 4.83. The third kappa shape index (κ3) is 3.46. The maximum Gasteiger partial charge on any atom is 0.0648 e. The number of rotatable bonds is 3. The van der Waals surface area contributed by atoms with Crippen LogP contribution in [0.1, 0.15) is 57.8 Å². The average molecular weight is 211 g/mol. The van der Waals surface area contributed by atoms with Gasteiger partial charge in [-0.1, -0.05) is 19.3 Å². The van der Waals surface area contributed by atoms with Gasteiger partial charge in [-0.05, 0) is 57.5 Å². The van der Waals surface area contributed by atoms with Gasteiger partial charge in [-0.2, -0.15) is 0 Å². The van der Waals surface area contributed by atoms with Crippen LogP contribution in [0.5, 0.6) is 0 Å². The highest BCUT2D eigenvalue weighted by Crippen LogP contribution is 2.34. The summed E-state index contributed by atoms with van der Waals surface area (Å²) < 4.78 is 0. The van der Waals surface area contributed by atoms with E-state index in [1.165, 1.54) is 51.6 Å². The Morgan fingerprint density at radius 2 is 1.73 bits per heavy atom. The molecule has 1 heterocycles. The van der Waals surface area contributed by atoms with Crippen molar-refractivity contribution in [2.75, 3.05) is 13.1 Å².